The van der Waals surface area contributed by atoms with Gasteiger partial charge in [0, 0.05) is 6.42 Å². The standard InChI is InChI=1S/C16H18N5O7P/c17-16-19-14-13(15(23)20-16)18-8-21(14)12-6-10(11(7-22)26-12)28-29(24,25)27-9-4-2-1-3-5-9/h1-5,8,10-12,22H,6-7H2,(H,24,25)(H3,17,19,20,23)/t10-,11+,12+/m0/s1. The normalized spacial score (nSPS) is 23.9. The second kappa shape index (κ2) is 7.58. The number of aromatic nitrogens is 4. The number of aliphatic hydroxyl groups excluding tert-OH is 1. The first-order valence-electron chi connectivity index (χ1n) is 8.61. The zero-order valence-electron chi connectivity index (χ0n) is 14.9. The number of nitrogens with one attached hydrogen (secondary N) is 1. The van der Waals surface area contributed by atoms with Crippen molar-refractivity contribution < 1.29 is 28.3 Å². The number of H-pyrrole nitrogens is 1. The van der Waals surface area contributed by atoms with Gasteiger partial charge in [0.05, 0.1) is 12.9 Å². The van der Waals surface area contributed by atoms with E-state index in [1.54, 1.807) is 18.2 Å². The van der Waals surface area contributed by atoms with Crippen LogP contribution in [0.1, 0.15) is 12.6 Å². The maximum absolute atomic E-state index is 12.4. The zero-order valence-corrected chi connectivity index (χ0v) is 15.8. The number of rotatable bonds is 6. The van der Waals surface area contributed by atoms with Crippen LogP contribution < -0.4 is 15.8 Å². The number of hydrogen-bond donors (Lipinski definition) is 4. The van der Waals surface area contributed by atoms with Gasteiger partial charge < -0.3 is 20.1 Å². The summed E-state index contributed by atoms with van der Waals surface area (Å²) in [5.74, 6) is 0.0683. The molecule has 29 heavy (non-hydrogen) atoms. The van der Waals surface area contributed by atoms with Crippen LogP contribution in [0.5, 0.6) is 5.75 Å². The van der Waals surface area contributed by atoms with E-state index in [1.165, 1.54) is 23.0 Å². The van der Waals surface area contributed by atoms with Crippen LogP contribution in [0, 0.1) is 0 Å². The third kappa shape index (κ3) is 4.02. The average molecular weight is 423 g/mol. The van der Waals surface area contributed by atoms with Gasteiger partial charge in [-0.2, -0.15) is 4.98 Å². The molecule has 0 saturated carbocycles. The van der Waals surface area contributed by atoms with Crippen LogP contribution in [0.15, 0.2) is 41.5 Å². The lowest BCUT2D eigenvalue weighted by Crippen LogP contribution is -2.27. The molecule has 13 heteroatoms. The number of nitrogens with two attached hydrogens (primary N) is 1. The number of nitrogens with zero attached hydrogens (tertiary/aromatic N) is 3. The molecule has 1 saturated heterocycles. The largest absolute Gasteiger partial charge is 0.527 e. The number of aromatic amines is 1. The molecule has 3 heterocycles. The Kier molecular flexibility index (Phi) is 5.11. The zero-order chi connectivity index (χ0) is 20.6. The second-order valence-corrected chi connectivity index (χ2v) is 7.67. The van der Waals surface area contributed by atoms with E-state index in [0.29, 0.717) is 0 Å². The van der Waals surface area contributed by atoms with Crippen molar-refractivity contribution in [3.63, 3.8) is 0 Å². The van der Waals surface area contributed by atoms with Crippen LogP contribution in [0.2, 0.25) is 0 Å². The maximum Gasteiger partial charge on any atom is 0.527 e. The summed E-state index contributed by atoms with van der Waals surface area (Å²) >= 11 is 0. The highest BCUT2D eigenvalue weighted by Gasteiger charge is 2.42. The number of nitrogen functional groups attached to an aromatic ring is 1. The molecule has 154 valence electrons. The molecule has 1 fully saturated rings. The minimum Gasteiger partial charge on any atom is -0.404 e. The van der Waals surface area contributed by atoms with Crippen molar-refractivity contribution in [3.8, 4) is 5.75 Å². The minimum atomic E-state index is -4.49. The van der Waals surface area contributed by atoms with Gasteiger partial charge in [0.2, 0.25) is 5.95 Å². The molecule has 2 aromatic heterocycles. The summed E-state index contributed by atoms with van der Waals surface area (Å²) in [5.41, 5.74) is 5.33. The van der Waals surface area contributed by atoms with E-state index in [0.717, 1.165) is 0 Å². The van der Waals surface area contributed by atoms with E-state index in [1.807, 2.05) is 0 Å². The molecule has 0 spiro atoms. The number of aliphatic hydroxyl groups is 1. The van der Waals surface area contributed by atoms with Crippen molar-refractivity contribution in [3.05, 3.63) is 47.0 Å². The highest BCUT2D eigenvalue weighted by molar-refractivity contribution is 7.47. The fraction of sp³-hybridized carbons (Fsp3) is 0.312. The molecule has 0 aliphatic carbocycles. The number of hydrogen-bond acceptors (Lipinski definition) is 9. The van der Waals surface area contributed by atoms with Gasteiger partial charge in [-0.1, -0.05) is 18.2 Å². The van der Waals surface area contributed by atoms with Gasteiger partial charge in [0.25, 0.3) is 5.56 Å². The lowest BCUT2D eigenvalue weighted by molar-refractivity contribution is -0.0422. The molecule has 1 aliphatic rings. The minimum absolute atomic E-state index is 0.0629. The van der Waals surface area contributed by atoms with Gasteiger partial charge in [0.1, 0.15) is 24.2 Å². The van der Waals surface area contributed by atoms with Gasteiger partial charge in [-0.05, 0) is 12.1 Å². The molecule has 1 aliphatic heterocycles. The summed E-state index contributed by atoms with van der Waals surface area (Å²) in [4.78, 5) is 32.4. The maximum atomic E-state index is 12.4. The predicted octanol–water partition coefficient (Wildman–Crippen LogP) is 0.546. The SMILES string of the molecule is Nc1nc2c(ncn2[C@H]2C[C@H](OP(=O)(O)Oc3ccccc3)[C@@H](CO)O2)c(=O)[nH]1. The topological polar surface area (TPSA) is 175 Å². The van der Waals surface area contributed by atoms with Crippen molar-refractivity contribution in [1.29, 1.82) is 0 Å². The van der Waals surface area contributed by atoms with Gasteiger partial charge in [-0.15, -0.1) is 0 Å². The first-order valence-corrected chi connectivity index (χ1v) is 10.1. The monoisotopic (exact) mass is 423 g/mol. The Morgan fingerprint density at radius 3 is 2.86 bits per heavy atom. The molecular weight excluding hydrogens is 405 g/mol. The number of fused-ring (bicyclic) bond motifs is 1. The van der Waals surface area contributed by atoms with Crippen molar-refractivity contribution in [2.45, 2.75) is 24.9 Å². The van der Waals surface area contributed by atoms with Crippen LogP contribution in [-0.2, 0) is 13.8 Å². The Morgan fingerprint density at radius 1 is 1.38 bits per heavy atom. The summed E-state index contributed by atoms with van der Waals surface area (Å²) in [7, 11) is -4.49. The second-order valence-electron chi connectivity index (χ2n) is 6.34. The Labute approximate surface area is 163 Å². The number of phosphoric acid groups is 1. The van der Waals surface area contributed by atoms with Crippen LogP contribution >= 0.6 is 7.82 Å². The Balaban J connectivity index is 1.55. The van der Waals surface area contributed by atoms with E-state index in [9.17, 15) is 19.4 Å². The Hall–Kier alpha value is -2.76. The third-order valence-corrected chi connectivity index (χ3v) is 5.33. The molecule has 0 amide bonds. The Bertz CT molecular complexity index is 1120. The summed E-state index contributed by atoms with van der Waals surface area (Å²) < 4.78 is 29.8. The fourth-order valence-electron chi connectivity index (χ4n) is 3.11. The predicted molar refractivity (Wildman–Crippen MR) is 99.9 cm³/mol. The lowest BCUT2D eigenvalue weighted by Gasteiger charge is -2.20. The number of imidazole rings is 1. The van der Waals surface area contributed by atoms with Crippen LogP contribution in [-0.4, -0.2) is 48.3 Å². The van der Waals surface area contributed by atoms with Crippen LogP contribution in [0.3, 0.4) is 0 Å². The lowest BCUT2D eigenvalue weighted by atomic mass is 10.2. The van der Waals surface area contributed by atoms with E-state index in [4.69, 9.17) is 19.5 Å². The molecule has 3 aromatic rings. The number of ether oxygens (including phenoxy) is 1. The van der Waals surface area contributed by atoms with Gasteiger partial charge in [-0.3, -0.25) is 23.8 Å². The van der Waals surface area contributed by atoms with Gasteiger partial charge in [0.15, 0.2) is 11.2 Å². The summed E-state index contributed by atoms with van der Waals surface area (Å²) in [5, 5.41) is 9.61. The molecule has 1 aromatic carbocycles. The molecular formula is C16H18N5O7P. The fourth-order valence-corrected chi connectivity index (χ4v) is 4.10. The van der Waals surface area contributed by atoms with E-state index in [2.05, 4.69) is 15.0 Å². The number of phosphoric ester groups is 1. The van der Waals surface area contributed by atoms with Crippen molar-refractivity contribution in [1.82, 2.24) is 19.5 Å². The van der Waals surface area contributed by atoms with Crippen molar-refractivity contribution >= 4 is 24.9 Å². The number of anilines is 1. The molecule has 4 atom stereocenters. The highest BCUT2D eigenvalue weighted by Crippen LogP contribution is 2.48. The van der Waals surface area contributed by atoms with E-state index >= 15 is 0 Å². The molecule has 4 rings (SSSR count). The first-order chi connectivity index (χ1) is 13.9. The first kappa shape index (κ1) is 19.6. The molecule has 1 unspecified atom stereocenters. The van der Waals surface area contributed by atoms with Crippen molar-refractivity contribution in [2.75, 3.05) is 12.3 Å². The molecule has 0 bridgehead atoms. The summed E-state index contributed by atoms with van der Waals surface area (Å²) in [6, 6.07) is 8.04. The summed E-state index contributed by atoms with van der Waals surface area (Å²) in [6.45, 7) is -0.463. The quantitative estimate of drug-likeness (QED) is 0.410. The molecule has 12 nitrogen and oxygen atoms in total. The number of benzene rings is 1. The third-order valence-electron chi connectivity index (χ3n) is 4.35. The highest BCUT2D eigenvalue weighted by atomic mass is 31.2. The Morgan fingerprint density at radius 2 is 2.14 bits per heavy atom. The number of para-hydroxylation sites is 1. The van der Waals surface area contributed by atoms with Crippen molar-refractivity contribution in [2.24, 2.45) is 0 Å². The molecule has 5 N–H and O–H groups in total. The van der Waals surface area contributed by atoms with Crippen LogP contribution in [0.25, 0.3) is 11.2 Å². The summed E-state index contributed by atoms with van der Waals surface area (Å²) in [6.07, 6.45) is -1.20. The van der Waals surface area contributed by atoms with Crippen LogP contribution in [0.4, 0.5) is 5.95 Å². The van der Waals surface area contributed by atoms with E-state index in [-0.39, 0.29) is 29.3 Å². The van der Waals surface area contributed by atoms with Gasteiger partial charge >= 0.3 is 7.82 Å². The smallest absolute Gasteiger partial charge is 0.404 e. The molecule has 0 radical (unpaired) electrons. The average Bonchev–Trinajstić information content (AvgIpc) is 3.25. The van der Waals surface area contributed by atoms with E-state index < -0.39 is 38.4 Å². The van der Waals surface area contributed by atoms with Gasteiger partial charge in [-0.25, -0.2) is 9.55 Å².